The summed E-state index contributed by atoms with van der Waals surface area (Å²) in [4.78, 5) is 20.7. The largest absolute Gasteiger partial charge is 0.461 e. The highest BCUT2D eigenvalue weighted by molar-refractivity contribution is 5.89. The van der Waals surface area contributed by atoms with Crippen molar-refractivity contribution in [1.29, 1.82) is 0 Å². The molecule has 138 valence electrons. The van der Waals surface area contributed by atoms with Gasteiger partial charge < -0.3 is 4.74 Å². The Morgan fingerprint density at radius 2 is 1.70 bits per heavy atom. The van der Waals surface area contributed by atoms with E-state index in [1.807, 2.05) is 25.1 Å². The van der Waals surface area contributed by atoms with E-state index in [1.165, 1.54) is 23.0 Å². The Morgan fingerprint density at radius 3 is 2.44 bits per heavy atom. The topological polar surface area (TPSA) is 52.1 Å². The summed E-state index contributed by atoms with van der Waals surface area (Å²) in [5.41, 5.74) is 5.85. The average Bonchev–Trinajstić information content (AvgIpc) is 2.73. The Kier molecular flexibility index (Phi) is 6.31. The lowest BCUT2D eigenvalue weighted by Gasteiger charge is -2.11. The van der Waals surface area contributed by atoms with E-state index >= 15 is 0 Å². The van der Waals surface area contributed by atoms with Crippen LogP contribution in [-0.2, 0) is 24.0 Å². The van der Waals surface area contributed by atoms with Crippen LogP contribution in [0.2, 0.25) is 0 Å². The van der Waals surface area contributed by atoms with Gasteiger partial charge in [0.15, 0.2) is 5.69 Å². The van der Waals surface area contributed by atoms with Crippen LogP contribution in [0.1, 0.15) is 41.2 Å². The van der Waals surface area contributed by atoms with Gasteiger partial charge in [-0.3, -0.25) is 0 Å². The van der Waals surface area contributed by atoms with Crippen LogP contribution in [0.15, 0.2) is 60.9 Å². The minimum Gasteiger partial charge on any atom is -0.461 e. The van der Waals surface area contributed by atoms with E-state index in [0.29, 0.717) is 18.7 Å². The number of carbonyl (C=O) groups excluding carboxylic acids is 1. The van der Waals surface area contributed by atoms with Gasteiger partial charge in [-0.05, 0) is 42.9 Å². The van der Waals surface area contributed by atoms with E-state index in [1.54, 1.807) is 6.92 Å². The molecule has 3 rings (SSSR count). The zero-order valence-electron chi connectivity index (χ0n) is 15.8. The molecule has 0 bridgehead atoms. The second kappa shape index (κ2) is 9.08. The van der Waals surface area contributed by atoms with Gasteiger partial charge in [-0.15, -0.1) is 0 Å². The highest BCUT2D eigenvalue weighted by atomic mass is 16.5. The monoisotopic (exact) mass is 360 g/mol. The maximum absolute atomic E-state index is 12.1. The molecule has 27 heavy (non-hydrogen) atoms. The van der Waals surface area contributed by atoms with Crippen molar-refractivity contribution in [2.45, 2.75) is 33.1 Å². The maximum atomic E-state index is 12.1. The van der Waals surface area contributed by atoms with Crippen LogP contribution in [0, 0.1) is 0 Å². The average molecular weight is 360 g/mol. The minimum atomic E-state index is -0.371. The smallest absolute Gasteiger partial charge is 0.357 e. The molecule has 0 unspecified atom stereocenters. The molecule has 0 spiro atoms. The van der Waals surface area contributed by atoms with E-state index in [9.17, 15) is 4.79 Å². The van der Waals surface area contributed by atoms with E-state index in [-0.39, 0.29) is 5.97 Å². The Morgan fingerprint density at radius 1 is 0.926 bits per heavy atom. The van der Waals surface area contributed by atoms with Gasteiger partial charge in [0.2, 0.25) is 0 Å². The molecular formula is C23H24N2O2. The van der Waals surface area contributed by atoms with Crippen molar-refractivity contribution in [3.63, 3.8) is 0 Å². The Bertz CT molecular complexity index is 907. The van der Waals surface area contributed by atoms with Crippen molar-refractivity contribution in [2.24, 2.45) is 0 Å². The molecule has 0 aliphatic rings. The van der Waals surface area contributed by atoms with Gasteiger partial charge in [0.05, 0.1) is 6.61 Å². The van der Waals surface area contributed by atoms with Crippen molar-refractivity contribution in [1.82, 2.24) is 9.97 Å². The van der Waals surface area contributed by atoms with E-state index < -0.39 is 0 Å². The summed E-state index contributed by atoms with van der Waals surface area (Å²) in [6, 6.07) is 18.9. The number of benzene rings is 2. The molecule has 0 radical (unpaired) electrons. The van der Waals surface area contributed by atoms with Gasteiger partial charge in [-0.1, -0.05) is 61.5 Å². The van der Waals surface area contributed by atoms with Crippen molar-refractivity contribution in [2.75, 3.05) is 6.61 Å². The van der Waals surface area contributed by atoms with Crippen LogP contribution in [0.5, 0.6) is 0 Å². The molecule has 1 heterocycles. The quantitative estimate of drug-likeness (QED) is 0.575. The van der Waals surface area contributed by atoms with Gasteiger partial charge in [-0.25, -0.2) is 14.8 Å². The first-order chi connectivity index (χ1) is 13.2. The molecule has 0 amide bonds. The minimum absolute atomic E-state index is 0.341. The van der Waals surface area contributed by atoms with E-state index in [2.05, 4.69) is 46.4 Å². The number of rotatable bonds is 7. The summed E-state index contributed by atoms with van der Waals surface area (Å²) in [5.74, 6) is -0.371. The number of nitrogens with zero attached hydrogens (tertiary/aromatic N) is 2. The number of esters is 1. The first-order valence-corrected chi connectivity index (χ1v) is 9.37. The number of aryl methyl sites for hydroxylation is 2. The molecule has 4 nitrogen and oxygen atoms in total. The molecule has 1 aromatic heterocycles. The normalized spacial score (nSPS) is 10.6. The zero-order valence-corrected chi connectivity index (χ0v) is 15.8. The molecule has 0 saturated carbocycles. The van der Waals surface area contributed by atoms with Gasteiger partial charge in [0.25, 0.3) is 0 Å². The molecule has 0 saturated heterocycles. The number of carbonyl (C=O) groups is 1. The molecular weight excluding hydrogens is 336 g/mol. The SMILES string of the molecule is CCOC(=O)c1ncnc(CCc2cccc(-c3ccccc3)c2)c1CC. The van der Waals surface area contributed by atoms with Crippen LogP contribution in [0.3, 0.4) is 0 Å². The van der Waals surface area contributed by atoms with E-state index in [4.69, 9.17) is 4.74 Å². The number of aromatic nitrogens is 2. The molecule has 0 aliphatic carbocycles. The molecule has 4 heteroatoms. The maximum Gasteiger partial charge on any atom is 0.357 e. The predicted octanol–water partition coefficient (Wildman–Crippen LogP) is 4.67. The molecule has 3 aromatic rings. The summed E-state index contributed by atoms with van der Waals surface area (Å²) in [6.07, 6.45) is 3.78. The van der Waals surface area contributed by atoms with Crippen LogP contribution in [0.4, 0.5) is 0 Å². The van der Waals surface area contributed by atoms with Gasteiger partial charge in [0.1, 0.15) is 6.33 Å². The second-order valence-corrected chi connectivity index (χ2v) is 6.29. The molecule has 0 aliphatic heterocycles. The zero-order chi connectivity index (χ0) is 19.1. The van der Waals surface area contributed by atoms with Crippen LogP contribution in [-0.4, -0.2) is 22.5 Å². The molecule has 0 atom stereocenters. The summed E-state index contributed by atoms with van der Waals surface area (Å²) in [5, 5.41) is 0. The highest BCUT2D eigenvalue weighted by Crippen LogP contribution is 2.21. The van der Waals surface area contributed by atoms with Gasteiger partial charge in [-0.2, -0.15) is 0 Å². The van der Waals surface area contributed by atoms with Crippen molar-refractivity contribution in [3.05, 3.63) is 83.4 Å². The van der Waals surface area contributed by atoms with Gasteiger partial charge >= 0.3 is 5.97 Å². The lowest BCUT2D eigenvalue weighted by molar-refractivity contribution is 0.0517. The van der Waals surface area contributed by atoms with Gasteiger partial charge in [0, 0.05) is 11.3 Å². The molecule has 0 N–H and O–H groups in total. The lowest BCUT2D eigenvalue weighted by Crippen LogP contribution is -2.14. The number of ether oxygens (including phenoxy) is 1. The summed E-state index contributed by atoms with van der Waals surface area (Å²) < 4.78 is 5.12. The highest BCUT2D eigenvalue weighted by Gasteiger charge is 2.17. The Balaban J connectivity index is 1.79. The van der Waals surface area contributed by atoms with Crippen LogP contribution < -0.4 is 0 Å². The third-order valence-electron chi connectivity index (χ3n) is 4.54. The van der Waals surface area contributed by atoms with Crippen LogP contribution in [0.25, 0.3) is 11.1 Å². The number of hydrogen-bond acceptors (Lipinski definition) is 4. The fraction of sp³-hybridized carbons (Fsp3) is 0.261. The summed E-state index contributed by atoms with van der Waals surface area (Å²) in [7, 11) is 0. The summed E-state index contributed by atoms with van der Waals surface area (Å²) >= 11 is 0. The fourth-order valence-corrected chi connectivity index (χ4v) is 3.21. The molecule has 2 aromatic carbocycles. The third-order valence-corrected chi connectivity index (χ3v) is 4.54. The molecule has 0 fully saturated rings. The Labute approximate surface area is 160 Å². The lowest BCUT2D eigenvalue weighted by atomic mass is 9.98. The summed E-state index contributed by atoms with van der Waals surface area (Å²) in [6.45, 7) is 4.15. The first-order valence-electron chi connectivity index (χ1n) is 9.37. The predicted molar refractivity (Wildman–Crippen MR) is 107 cm³/mol. The fourth-order valence-electron chi connectivity index (χ4n) is 3.21. The second-order valence-electron chi connectivity index (χ2n) is 6.29. The van der Waals surface area contributed by atoms with Crippen molar-refractivity contribution in [3.8, 4) is 11.1 Å². The first kappa shape index (κ1) is 18.8. The standard InChI is InChI=1S/C23H24N2O2/c1-3-20-21(24-16-25-22(20)23(26)27-4-2)14-13-17-9-8-12-19(15-17)18-10-6-5-7-11-18/h5-12,15-16H,3-4,13-14H2,1-2H3. The Hall–Kier alpha value is -3.01. The number of hydrogen-bond donors (Lipinski definition) is 0. The van der Waals surface area contributed by atoms with E-state index in [0.717, 1.165) is 24.1 Å². The van der Waals surface area contributed by atoms with Crippen molar-refractivity contribution >= 4 is 5.97 Å². The third kappa shape index (κ3) is 4.59. The van der Waals surface area contributed by atoms with Crippen molar-refractivity contribution < 1.29 is 9.53 Å². The van der Waals surface area contributed by atoms with Crippen LogP contribution >= 0.6 is 0 Å².